The van der Waals surface area contributed by atoms with Crippen LogP contribution in [0.1, 0.15) is 21.7 Å². The highest BCUT2D eigenvalue weighted by molar-refractivity contribution is 9.10. The van der Waals surface area contributed by atoms with Gasteiger partial charge in [0.15, 0.2) is 0 Å². The minimum Gasteiger partial charge on any atom is -0.318 e. The van der Waals surface area contributed by atoms with Crippen LogP contribution >= 0.6 is 27.5 Å². The van der Waals surface area contributed by atoms with Crippen LogP contribution < -0.4 is 4.72 Å². The van der Waals surface area contributed by atoms with Gasteiger partial charge in [-0.15, -0.1) is 0 Å². The van der Waals surface area contributed by atoms with E-state index in [0.29, 0.717) is 4.47 Å². The Kier molecular flexibility index (Phi) is 5.46. The quantitative estimate of drug-likeness (QED) is 0.608. The number of benzene rings is 2. The molecule has 27 heavy (non-hydrogen) atoms. The molecule has 140 valence electrons. The predicted molar refractivity (Wildman–Crippen MR) is 109 cm³/mol. The highest BCUT2D eigenvalue weighted by Crippen LogP contribution is 2.25. The summed E-state index contributed by atoms with van der Waals surface area (Å²) in [6.07, 6.45) is 0. The van der Waals surface area contributed by atoms with Gasteiger partial charge in [-0.2, -0.15) is 0 Å². The molecule has 2 aromatic carbocycles. The zero-order chi connectivity index (χ0) is 19.8. The van der Waals surface area contributed by atoms with Crippen molar-refractivity contribution in [3.8, 4) is 5.69 Å². The van der Waals surface area contributed by atoms with Crippen molar-refractivity contribution in [2.75, 3.05) is 0 Å². The molecular formula is C19H16BrClN2O3S. The normalized spacial score (nSPS) is 11.4. The van der Waals surface area contributed by atoms with E-state index in [1.54, 1.807) is 36.4 Å². The van der Waals surface area contributed by atoms with E-state index in [1.807, 2.05) is 30.5 Å². The van der Waals surface area contributed by atoms with Crippen molar-refractivity contribution in [3.05, 3.63) is 81.0 Å². The van der Waals surface area contributed by atoms with Gasteiger partial charge < -0.3 is 4.57 Å². The second-order valence-corrected chi connectivity index (χ2v) is 8.89. The van der Waals surface area contributed by atoms with Crippen molar-refractivity contribution in [2.45, 2.75) is 18.7 Å². The average molecular weight is 468 g/mol. The van der Waals surface area contributed by atoms with E-state index in [2.05, 4.69) is 20.7 Å². The molecule has 0 aliphatic carbocycles. The van der Waals surface area contributed by atoms with Crippen molar-refractivity contribution in [2.24, 2.45) is 0 Å². The summed E-state index contributed by atoms with van der Waals surface area (Å²) in [5.41, 5.74) is 2.78. The van der Waals surface area contributed by atoms with Gasteiger partial charge in [-0.05, 0) is 72.2 Å². The molecule has 3 aromatic rings. The third-order valence-corrected chi connectivity index (χ3v) is 6.75. The molecule has 8 heteroatoms. The van der Waals surface area contributed by atoms with Crippen molar-refractivity contribution >= 4 is 43.5 Å². The first-order chi connectivity index (χ1) is 12.7. The number of nitrogens with zero attached hydrogens (tertiary/aromatic N) is 1. The lowest BCUT2D eigenvalue weighted by atomic mass is 10.2. The Morgan fingerprint density at radius 2 is 1.67 bits per heavy atom. The first kappa shape index (κ1) is 19.7. The number of hydrogen-bond donors (Lipinski definition) is 1. The Bertz CT molecular complexity index is 1120. The van der Waals surface area contributed by atoms with E-state index in [-0.39, 0.29) is 15.5 Å². The third-order valence-electron chi connectivity index (χ3n) is 4.08. The smallest absolute Gasteiger partial charge is 0.266 e. The molecule has 1 amide bonds. The summed E-state index contributed by atoms with van der Waals surface area (Å²) in [7, 11) is -4.05. The predicted octanol–water partition coefficient (Wildman–Crippen LogP) is 4.63. The van der Waals surface area contributed by atoms with Crippen LogP contribution in [0.4, 0.5) is 0 Å². The van der Waals surface area contributed by atoms with Crippen LogP contribution in [-0.4, -0.2) is 18.9 Å². The summed E-state index contributed by atoms with van der Waals surface area (Å²) in [4.78, 5) is 12.6. The highest BCUT2D eigenvalue weighted by atomic mass is 79.9. The fourth-order valence-corrected chi connectivity index (χ4v) is 4.97. The number of amides is 1. The van der Waals surface area contributed by atoms with E-state index >= 15 is 0 Å². The van der Waals surface area contributed by atoms with Crippen LogP contribution in [0, 0.1) is 13.8 Å². The first-order valence-electron chi connectivity index (χ1n) is 7.97. The number of hydrogen-bond acceptors (Lipinski definition) is 3. The Labute approximate surface area is 171 Å². The maximum absolute atomic E-state index is 12.7. The van der Waals surface area contributed by atoms with Gasteiger partial charge in [0.25, 0.3) is 15.9 Å². The van der Waals surface area contributed by atoms with E-state index in [9.17, 15) is 13.2 Å². The summed E-state index contributed by atoms with van der Waals surface area (Å²) < 4.78 is 29.5. The molecule has 0 atom stereocenters. The molecule has 0 saturated heterocycles. The van der Waals surface area contributed by atoms with Crippen molar-refractivity contribution in [3.63, 3.8) is 0 Å². The summed E-state index contributed by atoms with van der Waals surface area (Å²) in [5.74, 6) is -0.792. The number of aryl methyl sites for hydroxylation is 2. The van der Waals surface area contributed by atoms with E-state index in [1.165, 1.54) is 6.07 Å². The lowest BCUT2D eigenvalue weighted by molar-refractivity contribution is 0.0981. The summed E-state index contributed by atoms with van der Waals surface area (Å²) in [6.45, 7) is 3.89. The Balaban J connectivity index is 1.98. The van der Waals surface area contributed by atoms with Gasteiger partial charge >= 0.3 is 0 Å². The Morgan fingerprint density at radius 3 is 2.30 bits per heavy atom. The monoisotopic (exact) mass is 466 g/mol. The van der Waals surface area contributed by atoms with Crippen LogP contribution in [0.3, 0.4) is 0 Å². The van der Waals surface area contributed by atoms with Crippen LogP contribution in [0.15, 0.2) is 64.0 Å². The number of sulfonamides is 1. The lowest BCUT2D eigenvalue weighted by Crippen LogP contribution is -2.31. The van der Waals surface area contributed by atoms with Gasteiger partial charge in [0.05, 0.1) is 10.6 Å². The minimum absolute atomic E-state index is 0.0253. The fourth-order valence-electron chi connectivity index (χ4n) is 2.80. The second kappa shape index (κ2) is 7.50. The maximum Gasteiger partial charge on any atom is 0.266 e. The largest absolute Gasteiger partial charge is 0.318 e. The molecule has 0 fully saturated rings. The molecule has 0 radical (unpaired) electrons. The molecule has 0 saturated carbocycles. The van der Waals surface area contributed by atoms with Gasteiger partial charge in [0.1, 0.15) is 4.90 Å². The standard InChI is InChI=1S/C19H16BrClN2O3S/c1-12-7-8-13(2)23(12)14-9-10-17(21)15(11-14)19(24)22-27(25,26)18-6-4-3-5-16(18)20/h3-11H,1-2H3,(H,22,24). The van der Waals surface area contributed by atoms with Crippen LogP contribution in [0.5, 0.6) is 0 Å². The minimum atomic E-state index is -4.05. The summed E-state index contributed by atoms with van der Waals surface area (Å²) >= 11 is 9.35. The average Bonchev–Trinajstić information content (AvgIpc) is 2.94. The zero-order valence-electron chi connectivity index (χ0n) is 14.5. The SMILES string of the molecule is Cc1ccc(C)n1-c1ccc(Cl)c(C(=O)NS(=O)(=O)c2ccccc2Br)c1. The van der Waals surface area contributed by atoms with Crippen LogP contribution in [-0.2, 0) is 10.0 Å². The molecule has 0 unspecified atom stereocenters. The highest BCUT2D eigenvalue weighted by Gasteiger charge is 2.23. The Morgan fingerprint density at radius 1 is 1.04 bits per heavy atom. The molecule has 1 aromatic heterocycles. The molecule has 5 nitrogen and oxygen atoms in total. The molecule has 0 aliphatic heterocycles. The number of aromatic nitrogens is 1. The van der Waals surface area contributed by atoms with E-state index in [0.717, 1.165) is 17.1 Å². The molecule has 0 aliphatic rings. The van der Waals surface area contributed by atoms with Crippen LogP contribution in [0.2, 0.25) is 5.02 Å². The van der Waals surface area contributed by atoms with Gasteiger partial charge in [0.2, 0.25) is 0 Å². The summed E-state index contributed by atoms with van der Waals surface area (Å²) in [5, 5.41) is 0.168. The van der Waals surface area contributed by atoms with Crippen molar-refractivity contribution < 1.29 is 13.2 Å². The molecule has 3 rings (SSSR count). The fraction of sp³-hybridized carbons (Fsp3) is 0.105. The topological polar surface area (TPSA) is 68.2 Å². The lowest BCUT2D eigenvalue weighted by Gasteiger charge is -2.13. The third kappa shape index (κ3) is 3.95. The molecule has 0 bridgehead atoms. The Hall–Kier alpha value is -2.09. The summed E-state index contributed by atoms with van der Waals surface area (Å²) in [6, 6.07) is 15.1. The van der Waals surface area contributed by atoms with Crippen molar-refractivity contribution in [1.82, 2.24) is 9.29 Å². The van der Waals surface area contributed by atoms with E-state index in [4.69, 9.17) is 11.6 Å². The number of carbonyl (C=O) groups is 1. The van der Waals surface area contributed by atoms with Gasteiger partial charge in [-0.25, -0.2) is 13.1 Å². The number of halogens is 2. The molecule has 1 heterocycles. The maximum atomic E-state index is 12.7. The molecule has 1 N–H and O–H groups in total. The van der Waals surface area contributed by atoms with Crippen LogP contribution in [0.25, 0.3) is 5.69 Å². The van der Waals surface area contributed by atoms with Crippen molar-refractivity contribution in [1.29, 1.82) is 0 Å². The van der Waals surface area contributed by atoms with Gasteiger partial charge in [-0.1, -0.05) is 23.7 Å². The molecule has 0 spiro atoms. The zero-order valence-corrected chi connectivity index (χ0v) is 17.7. The van der Waals surface area contributed by atoms with E-state index < -0.39 is 15.9 Å². The number of rotatable bonds is 4. The van der Waals surface area contributed by atoms with Gasteiger partial charge in [0, 0.05) is 21.5 Å². The van der Waals surface area contributed by atoms with Gasteiger partial charge in [-0.3, -0.25) is 4.79 Å². The number of carbonyl (C=O) groups excluding carboxylic acids is 1. The first-order valence-corrected chi connectivity index (χ1v) is 10.6. The molecular weight excluding hydrogens is 452 g/mol. The number of nitrogens with one attached hydrogen (secondary N) is 1. The second-order valence-electron chi connectivity index (χ2n) is 5.98.